The van der Waals surface area contributed by atoms with Crippen LogP contribution in [0.1, 0.15) is 26.3 Å². The topological polar surface area (TPSA) is 115 Å². The number of carbonyl (C=O) groups is 3. The van der Waals surface area contributed by atoms with E-state index in [9.17, 15) is 19.5 Å². The molecule has 0 aliphatic carbocycles. The number of anilines is 1. The van der Waals surface area contributed by atoms with Gasteiger partial charge in [0, 0.05) is 13.1 Å². The summed E-state index contributed by atoms with van der Waals surface area (Å²) in [4.78, 5) is 39.0. The molecule has 1 aromatic rings. The SMILES string of the molecule is CCOC(=O)C(C(=O)OCC)=C(O)c1cccnc1NC(C)=O. The molecule has 1 amide bonds. The lowest BCUT2D eigenvalue weighted by molar-refractivity contribution is -0.146. The summed E-state index contributed by atoms with van der Waals surface area (Å²) in [5.41, 5.74) is -0.660. The van der Waals surface area contributed by atoms with Gasteiger partial charge in [0.1, 0.15) is 11.6 Å². The third kappa shape index (κ3) is 4.80. The van der Waals surface area contributed by atoms with Gasteiger partial charge in [-0.15, -0.1) is 0 Å². The van der Waals surface area contributed by atoms with Crippen molar-refractivity contribution in [2.75, 3.05) is 18.5 Å². The molecule has 2 N–H and O–H groups in total. The van der Waals surface area contributed by atoms with Gasteiger partial charge in [-0.1, -0.05) is 0 Å². The van der Waals surface area contributed by atoms with Gasteiger partial charge in [0.05, 0.1) is 18.8 Å². The van der Waals surface area contributed by atoms with E-state index < -0.39 is 29.2 Å². The van der Waals surface area contributed by atoms with Gasteiger partial charge in [0.25, 0.3) is 0 Å². The molecule has 0 saturated carbocycles. The van der Waals surface area contributed by atoms with Crippen molar-refractivity contribution in [3.63, 3.8) is 0 Å². The Bertz CT molecular complexity index is 619. The van der Waals surface area contributed by atoms with Crippen molar-refractivity contribution in [3.8, 4) is 0 Å². The summed E-state index contributed by atoms with van der Waals surface area (Å²) >= 11 is 0. The predicted octanol–water partition coefficient (Wildman–Crippen LogP) is 1.44. The average Bonchev–Trinajstić information content (AvgIpc) is 2.47. The molecule has 0 aromatic carbocycles. The van der Waals surface area contributed by atoms with Crippen molar-refractivity contribution in [2.24, 2.45) is 0 Å². The minimum absolute atomic E-state index is 0.00111. The van der Waals surface area contributed by atoms with E-state index in [-0.39, 0.29) is 24.6 Å². The summed E-state index contributed by atoms with van der Waals surface area (Å²) in [5, 5.41) is 12.8. The van der Waals surface area contributed by atoms with Crippen LogP contribution in [-0.4, -0.2) is 41.2 Å². The van der Waals surface area contributed by atoms with Crippen LogP contribution in [0.3, 0.4) is 0 Å². The predicted molar refractivity (Wildman–Crippen MR) is 81.4 cm³/mol. The molecule has 8 heteroatoms. The van der Waals surface area contributed by atoms with Gasteiger partial charge in [-0.25, -0.2) is 14.6 Å². The highest BCUT2D eigenvalue weighted by atomic mass is 16.6. The number of aliphatic hydroxyl groups is 1. The van der Waals surface area contributed by atoms with Crippen molar-refractivity contribution in [3.05, 3.63) is 29.5 Å². The molecular formula is C15H18N2O6. The first-order valence-electron chi connectivity index (χ1n) is 6.92. The van der Waals surface area contributed by atoms with Crippen molar-refractivity contribution in [1.29, 1.82) is 0 Å². The van der Waals surface area contributed by atoms with Crippen LogP contribution in [0.2, 0.25) is 0 Å². The number of carbonyl (C=O) groups excluding carboxylic acids is 3. The maximum atomic E-state index is 12.0. The average molecular weight is 322 g/mol. The molecule has 23 heavy (non-hydrogen) atoms. The van der Waals surface area contributed by atoms with Crippen LogP contribution in [-0.2, 0) is 23.9 Å². The molecule has 0 atom stereocenters. The molecule has 0 fully saturated rings. The van der Waals surface area contributed by atoms with E-state index in [0.29, 0.717) is 0 Å². The maximum absolute atomic E-state index is 12.0. The zero-order valence-electron chi connectivity index (χ0n) is 13.1. The number of esters is 2. The smallest absolute Gasteiger partial charge is 0.349 e. The zero-order valence-corrected chi connectivity index (χ0v) is 13.1. The second kappa shape index (κ2) is 8.52. The molecule has 0 radical (unpaired) electrons. The highest BCUT2D eigenvalue weighted by Crippen LogP contribution is 2.24. The lowest BCUT2D eigenvalue weighted by Crippen LogP contribution is -2.21. The minimum Gasteiger partial charge on any atom is -0.506 e. The normalized spacial score (nSPS) is 9.70. The minimum atomic E-state index is -1.03. The van der Waals surface area contributed by atoms with E-state index in [1.165, 1.54) is 25.3 Å². The van der Waals surface area contributed by atoms with Crippen LogP contribution >= 0.6 is 0 Å². The largest absolute Gasteiger partial charge is 0.506 e. The number of hydrogen-bond acceptors (Lipinski definition) is 7. The first-order valence-corrected chi connectivity index (χ1v) is 6.92. The summed E-state index contributed by atoms with van der Waals surface area (Å²) in [6.45, 7) is 4.41. The lowest BCUT2D eigenvalue weighted by atomic mass is 10.1. The molecule has 0 unspecified atom stereocenters. The fourth-order valence-electron chi connectivity index (χ4n) is 1.68. The highest BCUT2D eigenvalue weighted by molar-refractivity contribution is 6.19. The van der Waals surface area contributed by atoms with Crippen LogP contribution in [0.15, 0.2) is 23.9 Å². The number of hydrogen-bond donors (Lipinski definition) is 2. The van der Waals surface area contributed by atoms with Crippen LogP contribution in [0, 0.1) is 0 Å². The monoisotopic (exact) mass is 322 g/mol. The van der Waals surface area contributed by atoms with E-state index in [0.717, 1.165) is 0 Å². The number of aromatic nitrogens is 1. The van der Waals surface area contributed by atoms with Crippen LogP contribution < -0.4 is 5.32 Å². The van der Waals surface area contributed by atoms with E-state index in [2.05, 4.69) is 10.3 Å². The second-order valence-electron chi connectivity index (χ2n) is 4.25. The highest BCUT2D eigenvalue weighted by Gasteiger charge is 2.28. The Balaban J connectivity index is 3.43. The number of amides is 1. The van der Waals surface area contributed by atoms with Gasteiger partial charge in [0.15, 0.2) is 5.57 Å². The summed E-state index contributed by atoms with van der Waals surface area (Å²) in [5.74, 6) is -3.16. The molecule has 0 saturated heterocycles. The standard InChI is InChI=1S/C15H18N2O6/c1-4-22-14(20)11(15(21)23-5-2)12(19)10-7-6-8-16-13(10)17-9(3)18/h6-8,19H,4-5H2,1-3H3,(H,16,17,18). The van der Waals surface area contributed by atoms with E-state index in [4.69, 9.17) is 9.47 Å². The number of nitrogens with zero attached hydrogens (tertiary/aromatic N) is 1. The van der Waals surface area contributed by atoms with Gasteiger partial charge >= 0.3 is 11.9 Å². The Morgan fingerprint density at radius 3 is 2.22 bits per heavy atom. The molecule has 0 aliphatic rings. The molecule has 124 valence electrons. The molecule has 8 nitrogen and oxygen atoms in total. The number of aliphatic hydroxyl groups excluding tert-OH is 1. The van der Waals surface area contributed by atoms with Crippen molar-refractivity contribution in [2.45, 2.75) is 20.8 Å². The quantitative estimate of drug-likeness (QED) is 0.268. The first kappa shape index (κ1) is 18.1. The fourth-order valence-corrected chi connectivity index (χ4v) is 1.68. The Labute approximate surface area is 133 Å². The van der Waals surface area contributed by atoms with Crippen LogP contribution in [0.4, 0.5) is 5.82 Å². The zero-order chi connectivity index (χ0) is 17.4. The number of nitrogens with one attached hydrogen (secondary N) is 1. The van der Waals surface area contributed by atoms with Crippen molar-refractivity contribution < 1.29 is 29.0 Å². The van der Waals surface area contributed by atoms with Gasteiger partial charge in [-0.3, -0.25) is 4.79 Å². The molecule has 1 heterocycles. The first-order chi connectivity index (χ1) is 10.9. The Kier molecular flexibility index (Phi) is 6.72. The third-order valence-electron chi connectivity index (χ3n) is 2.55. The molecule has 0 aliphatic heterocycles. The van der Waals surface area contributed by atoms with Crippen LogP contribution in [0.5, 0.6) is 0 Å². The summed E-state index contributed by atoms with van der Waals surface area (Å²) < 4.78 is 9.54. The molecule has 0 spiro atoms. The molecule has 1 aromatic heterocycles. The van der Waals surface area contributed by atoms with E-state index in [1.807, 2.05) is 0 Å². The molecular weight excluding hydrogens is 304 g/mol. The third-order valence-corrected chi connectivity index (χ3v) is 2.55. The number of pyridine rings is 1. The summed E-state index contributed by atoms with van der Waals surface area (Å²) in [7, 11) is 0. The van der Waals surface area contributed by atoms with Crippen molar-refractivity contribution >= 4 is 29.4 Å². The number of rotatable bonds is 6. The maximum Gasteiger partial charge on any atom is 0.349 e. The van der Waals surface area contributed by atoms with Gasteiger partial charge < -0.3 is 19.9 Å². The van der Waals surface area contributed by atoms with E-state index in [1.54, 1.807) is 13.8 Å². The van der Waals surface area contributed by atoms with Crippen LogP contribution in [0.25, 0.3) is 5.76 Å². The van der Waals surface area contributed by atoms with Gasteiger partial charge in [0.2, 0.25) is 5.91 Å². The lowest BCUT2D eigenvalue weighted by Gasteiger charge is -2.12. The molecule has 0 bridgehead atoms. The number of ether oxygens (including phenoxy) is 2. The van der Waals surface area contributed by atoms with E-state index >= 15 is 0 Å². The second-order valence-corrected chi connectivity index (χ2v) is 4.25. The molecule has 1 rings (SSSR count). The van der Waals surface area contributed by atoms with Gasteiger partial charge in [-0.2, -0.15) is 0 Å². The Morgan fingerprint density at radius 2 is 1.74 bits per heavy atom. The summed E-state index contributed by atoms with van der Waals surface area (Å²) in [6, 6.07) is 2.87. The fraction of sp³-hybridized carbons (Fsp3) is 0.333. The van der Waals surface area contributed by atoms with Gasteiger partial charge in [-0.05, 0) is 26.0 Å². The van der Waals surface area contributed by atoms with Crippen molar-refractivity contribution in [1.82, 2.24) is 4.98 Å². The summed E-state index contributed by atoms with van der Waals surface area (Å²) in [6.07, 6.45) is 1.39. The Hall–Kier alpha value is -2.90. The Morgan fingerprint density at radius 1 is 1.17 bits per heavy atom.